The highest BCUT2D eigenvalue weighted by Gasteiger charge is 2.12. The number of benzene rings is 1. The summed E-state index contributed by atoms with van der Waals surface area (Å²) in [7, 11) is 0. The normalized spacial score (nSPS) is 11.9. The molecule has 0 aliphatic heterocycles. The molecule has 0 aliphatic carbocycles. The highest BCUT2D eigenvalue weighted by atomic mass is 79.9. The van der Waals surface area contributed by atoms with Gasteiger partial charge in [-0.15, -0.1) is 0 Å². The molecule has 1 atom stereocenters. The average Bonchev–Trinajstić information content (AvgIpc) is 2.32. The predicted molar refractivity (Wildman–Crippen MR) is 75.1 cm³/mol. The van der Waals surface area contributed by atoms with E-state index in [1.807, 2.05) is 31.2 Å². The number of carbonyl (C=O) groups is 1. The van der Waals surface area contributed by atoms with Crippen molar-refractivity contribution < 1.29 is 4.79 Å². The molecule has 0 bridgehead atoms. The Hall–Kier alpha value is -1.03. The second-order valence-corrected chi connectivity index (χ2v) is 4.84. The molecule has 0 heterocycles. The minimum absolute atomic E-state index is 0.0363. The zero-order valence-corrected chi connectivity index (χ0v) is 11.9. The Labute approximate surface area is 111 Å². The molecule has 2 N–H and O–H groups in total. The van der Waals surface area contributed by atoms with E-state index < -0.39 is 0 Å². The molecular formula is C13H19BrN2O. The van der Waals surface area contributed by atoms with E-state index in [0.29, 0.717) is 0 Å². The summed E-state index contributed by atoms with van der Waals surface area (Å²) in [4.78, 5) is 11.7. The van der Waals surface area contributed by atoms with Crippen LogP contribution in [0.2, 0.25) is 0 Å². The van der Waals surface area contributed by atoms with Crippen LogP contribution in [0.3, 0.4) is 0 Å². The zero-order valence-electron chi connectivity index (χ0n) is 10.3. The molecule has 4 heteroatoms. The highest BCUT2D eigenvalue weighted by Crippen LogP contribution is 2.21. The number of carbonyl (C=O) groups excluding carboxylic acids is 1. The van der Waals surface area contributed by atoms with Crippen LogP contribution in [0, 0.1) is 0 Å². The van der Waals surface area contributed by atoms with Crippen molar-refractivity contribution in [2.75, 3.05) is 11.9 Å². The first kappa shape index (κ1) is 14.0. The summed E-state index contributed by atoms with van der Waals surface area (Å²) in [5, 5.41) is 6.08. The molecule has 3 nitrogen and oxygen atoms in total. The van der Waals surface area contributed by atoms with Crippen LogP contribution in [0.25, 0.3) is 0 Å². The van der Waals surface area contributed by atoms with E-state index in [9.17, 15) is 4.79 Å². The number of halogens is 1. The van der Waals surface area contributed by atoms with Gasteiger partial charge in [-0.05, 0) is 41.4 Å². The van der Waals surface area contributed by atoms with E-state index in [4.69, 9.17) is 0 Å². The van der Waals surface area contributed by atoms with Crippen molar-refractivity contribution in [2.24, 2.45) is 0 Å². The standard InChI is InChI=1S/C13H19BrN2O/c1-3-4-9-15-13(17)10(2)16-12-8-6-5-7-11(12)14/h5-8,10,16H,3-4,9H2,1-2H3,(H,15,17). The molecule has 0 radical (unpaired) electrons. The minimum Gasteiger partial charge on any atom is -0.373 e. The third kappa shape index (κ3) is 4.77. The van der Waals surface area contributed by atoms with Gasteiger partial charge >= 0.3 is 0 Å². The molecule has 0 aromatic heterocycles. The van der Waals surface area contributed by atoms with E-state index in [1.54, 1.807) is 0 Å². The summed E-state index contributed by atoms with van der Waals surface area (Å²) < 4.78 is 0.966. The molecule has 0 aliphatic rings. The maximum absolute atomic E-state index is 11.7. The van der Waals surface area contributed by atoms with Crippen LogP contribution in [0.1, 0.15) is 26.7 Å². The zero-order chi connectivity index (χ0) is 12.7. The van der Waals surface area contributed by atoms with Gasteiger partial charge in [-0.2, -0.15) is 0 Å². The van der Waals surface area contributed by atoms with Crippen LogP contribution in [0.4, 0.5) is 5.69 Å². The van der Waals surface area contributed by atoms with Gasteiger partial charge < -0.3 is 10.6 Å². The van der Waals surface area contributed by atoms with Gasteiger partial charge in [-0.1, -0.05) is 25.5 Å². The first-order valence-corrected chi connectivity index (χ1v) is 6.73. The number of amides is 1. The Bertz CT molecular complexity index is 368. The smallest absolute Gasteiger partial charge is 0.242 e. The lowest BCUT2D eigenvalue weighted by Crippen LogP contribution is -2.38. The van der Waals surface area contributed by atoms with Crippen LogP contribution >= 0.6 is 15.9 Å². The van der Waals surface area contributed by atoms with Gasteiger partial charge in [0.1, 0.15) is 6.04 Å². The third-order valence-corrected chi connectivity index (χ3v) is 3.16. The first-order valence-electron chi connectivity index (χ1n) is 5.94. The second-order valence-electron chi connectivity index (χ2n) is 3.99. The third-order valence-electron chi connectivity index (χ3n) is 2.47. The number of hydrogen-bond donors (Lipinski definition) is 2. The molecule has 94 valence electrons. The molecule has 17 heavy (non-hydrogen) atoms. The van der Waals surface area contributed by atoms with Crippen molar-refractivity contribution >= 4 is 27.5 Å². The average molecular weight is 299 g/mol. The fourth-order valence-electron chi connectivity index (χ4n) is 1.42. The van der Waals surface area contributed by atoms with Gasteiger partial charge in [0.05, 0.1) is 0 Å². The molecule has 1 aromatic carbocycles. The number of nitrogens with one attached hydrogen (secondary N) is 2. The first-order chi connectivity index (χ1) is 8.15. The molecule has 0 saturated heterocycles. The number of hydrogen-bond acceptors (Lipinski definition) is 2. The van der Waals surface area contributed by atoms with Gasteiger partial charge in [0.15, 0.2) is 0 Å². The SMILES string of the molecule is CCCCNC(=O)C(C)Nc1ccccc1Br. The lowest BCUT2D eigenvalue weighted by atomic mass is 10.2. The largest absolute Gasteiger partial charge is 0.373 e. The summed E-state index contributed by atoms with van der Waals surface area (Å²) in [6.45, 7) is 4.72. The molecule has 1 aromatic rings. The van der Waals surface area contributed by atoms with Crippen LogP contribution in [-0.4, -0.2) is 18.5 Å². The van der Waals surface area contributed by atoms with E-state index in [1.165, 1.54) is 0 Å². The number of rotatable bonds is 6. The van der Waals surface area contributed by atoms with Gasteiger partial charge in [0.2, 0.25) is 5.91 Å². The topological polar surface area (TPSA) is 41.1 Å². The second kappa shape index (κ2) is 7.33. The summed E-state index contributed by atoms with van der Waals surface area (Å²) in [6.07, 6.45) is 2.11. The summed E-state index contributed by atoms with van der Waals surface area (Å²) in [5.74, 6) is 0.0363. The molecule has 1 rings (SSSR count). The molecule has 0 spiro atoms. The Morgan fingerprint density at radius 1 is 1.41 bits per heavy atom. The van der Waals surface area contributed by atoms with Crippen molar-refractivity contribution in [2.45, 2.75) is 32.7 Å². The van der Waals surface area contributed by atoms with Crippen molar-refractivity contribution in [3.63, 3.8) is 0 Å². The van der Waals surface area contributed by atoms with Crippen LogP contribution < -0.4 is 10.6 Å². The minimum atomic E-state index is -0.231. The predicted octanol–water partition coefficient (Wildman–Crippen LogP) is 3.17. The van der Waals surface area contributed by atoms with Crippen molar-refractivity contribution in [1.82, 2.24) is 5.32 Å². The van der Waals surface area contributed by atoms with Crippen molar-refractivity contribution in [3.8, 4) is 0 Å². The lowest BCUT2D eigenvalue weighted by Gasteiger charge is -2.16. The molecule has 1 unspecified atom stereocenters. The number of unbranched alkanes of at least 4 members (excludes halogenated alkanes) is 1. The van der Waals surface area contributed by atoms with Crippen LogP contribution in [0.15, 0.2) is 28.7 Å². The molecule has 1 amide bonds. The Morgan fingerprint density at radius 3 is 2.76 bits per heavy atom. The van der Waals surface area contributed by atoms with E-state index in [2.05, 4.69) is 33.5 Å². The Morgan fingerprint density at radius 2 is 2.12 bits per heavy atom. The number of para-hydroxylation sites is 1. The summed E-state index contributed by atoms with van der Waals surface area (Å²) in [6, 6.07) is 7.55. The van der Waals surface area contributed by atoms with Gasteiger partial charge in [-0.25, -0.2) is 0 Å². The molecule has 0 saturated carbocycles. The Balaban J connectivity index is 2.46. The maximum atomic E-state index is 11.7. The molecular weight excluding hydrogens is 280 g/mol. The van der Waals surface area contributed by atoms with Crippen LogP contribution in [-0.2, 0) is 4.79 Å². The van der Waals surface area contributed by atoms with Crippen molar-refractivity contribution in [1.29, 1.82) is 0 Å². The van der Waals surface area contributed by atoms with Gasteiger partial charge in [0, 0.05) is 16.7 Å². The van der Waals surface area contributed by atoms with Gasteiger partial charge in [-0.3, -0.25) is 4.79 Å². The van der Waals surface area contributed by atoms with Crippen LogP contribution in [0.5, 0.6) is 0 Å². The monoisotopic (exact) mass is 298 g/mol. The van der Waals surface area contributed by atoms with Crippen molar-refractivity contribution in [3.05, 3.63) is 28.7 Å². The number of anilines is 1. The van der Waals surface area contributed by atoms with E-state index in [-0.39, 0.29) is 11.9 Å². The fraction of sp³-hybridized carbons (Fsp3) is 0.462. The summed E-state index contributed by atoms with van der Waals surface area (Å²) >= 11 is 3.44. The summed E-state index contributed by atoms with van der Waals surface area (Å²) in [5.41, 5.74) is 0.936. The van der Waals surface area contributed by atoms with E-state index in [0.717, 1.165) is 29.5 Å². The fourth-order valence-corrected chi connectivity index (χ4v) is 1.82. The maximum Gasteiger partial charge on any atom is 0.242 e. The quantitative estimate of drug-likeness (QED) is 0.792. The van der Waals surface area contributed by atoms with E-state index >= 15 is 0 Å². The van der Waals surface area contributed by atoms with Gasteiger partial charge in [0.25, 0.3) is 0 Å². The lowest BCUT2D eigenvalue weighted by molar-refractivity contribution is -0.121. The Kier molecular flexibility index (Phi) is 6.05. The molecule has 0 fully saturated rings. The highest BCUT2D eigenvalue weighted by molar-refractivity contribution is 9.10.